The van der Waals surface area contributed by atoms with Crippen molar-refractivity contribution >= 4 is 51.4 Å². The van der Waals surface area contributed by atoms with Gasteiger partial charge < -0.3 is 15.2 Å². The molecule has 24 heavy (non-hydrogen) atoms. The predicted molar refractivity (Wildman–Crippen MR) is 96.6 cm³/mol. The van der Waals surface area contributed by atoms with Crippen LogP contribution in [0, 0.1) is 0 Å². The van der Waals surface area contributed by atoms with Gasteiger partial charge in [-0.25, -0.2) is 0 Å². The Hall–Kier alpha value is -1.88. The Morgan fingerprint density at radius 3 is 2.79 bits per heavy atom. The lowest BCUT2D eigenvalue weighted by Gasteiger charge is -2.15. The second-order valence-corrected chi connectivity index (χ2v) is 6.60. The van der Waals surface area contributed by atoms with E-state index >= 15 is 0 Å². The van der Waals surface area contributed by atoms with Gasteiger partial charge in [0.05, 0.1) is 10.5 Å². The number of hydrogen-bond acceptors (Lipinski definition) is 4. The number of anilines is 1. The lowest BCUT2D eigenvalue weighted by molar-refractivity contribution is 0.263. The zero-order valence-electron chi connectivity index (χ0n) is 12.2. The number of nitrogens with one attached hydrogen (secondary N) is 1. The lowest BCUT2D eigenvalue weighted by Crippen LogP contribution is -2.23. The Morgan fingerprint density at radius 2 is 1.96 bits per heavy atom. The van der Waals surface area contributed by atoms with Crippen molar-refractivity contribution in [2.24, 2.45) is 0 Å². The highest BCUT2D eigenvalue weighted by Crippen LogP contribution is 2.50. The van der Waals surface area contributed by atoms with Gasteiger partial charge >= 0.3 is 0 Å². The molecule has 1 atom stereocenters. The highest BCUT2D eigenvalue weighted by Gasteiger charge is 2.31. The number of pyridine rings is 1. The van der Waals surface area contributed by atoms with Gasteiger partial charge in [0, 0.05) is 29.3 Å². The fraction of sp³-hybridized carbons (Fsp3) is 0.118. The lowest BCUT2D eigenvalue weighted by atomic mass is 10.1. The van der Waals surface area contributed by atoms with Crippen molar-refractivity contribution in [2.45, 2.75) is 12.6 Å². The SMILES string of the molecule is Oc1c(Cl)c(Cl)c2c(c1Cl)C[C@H](Nc1ccc3ncccc3c1)O2. The molecule has 0 saturated carbocycles. The Kier molecular flexibility index (Phi) is 3.83. The first-order valence-corrected chi connectivity index (χ1v) is 8.34. The molecular formula is C17H11Cl3N2O2. The van der Waals surface area contributed by atoms with Gasteiger partial charge in [0.2, 0.25) is 0 Å². The second kappa shape index (κ2) is 5.88. The molecule has 0 amide bonds. The maximum absolute atomic E-state index is 9.91. The number of hydrogen-bond donors (Lipinski definition) is 2. The minimum Gasteiger partial charge on any atom is -0.505 e. The van der Waals surface area contributed by atoms with E-state index in [0.29, 0.717) is 17.7 Å². The number of nitrogens with zero attached hydrogens (tertiary/aromatic N) is 1. The van der Waals surface area contributed by atoms with E-state index in [1.54, 1.807) is 6.20 Å². The van der Waals surface area contributed by atoms with Gasteiger partial charge in [-0.1, -0.05) is 40.9 Å². The number of ether oxygens (including phenoxy) is 1. The Labute approximate surface area is 152 Å². The third-order valence-corrected chi connectivity index (χ3v) is 5.16. The minimum absolute atomic E-state index is 0.00199. The molecular weight excluding hydrogens is 371 g/mol. The van der Waals surface area contributed by atoms with Gasteiger partial charge in [0.15, 0.2) is 12.0 Å². The van der Waals surface area contributed by atoms with Crippen LogP contribution in [0.3, 0.4) is 0 Å². The van der Waals surface area contributed by atoms with Crippen molar-refractivity contribution in [2.75, 3.05) is 5.32 Å². The largest absolute Gasteiger partial charge is 0.505 e. The summed E-state index contributed by atoms with van der Waals surface area (Å²) >= 11 is 18.3. The van der Waals surface area contributed by atoms with Gasteiger partial charge in [-0.05, 0) is 24.3 Å². The van der Waals surface area contributed by atoms with E-state index in [0.717, 1.165) is 16.6 Å². The van der Waals surface area contributed by atoms with E-state index in [-0.39, 0.29) is 27.0 Å². The molecule has 0 fully saturated rings. The van der Waals surface area contributed by atoms with Gasteiger partial charge in [0.25, 0.3) is 0 Å². The number of aromatic hydroxyl groups is 1. The topological polar surface area (TPSA) is 54.4 Å². The maximum atomic E-state index is 9.91. The van der Waals surface area contributed by atoms with Gasteiger partial charge in [-0.2, -0.15) is 0 Å². The van der Waals surface area contributed by atoms with Crippen LogP contribution in [0.15, 0.2) is 36.5 Å². The van der Waals surface area contributed by atoms with Crippen LogP contribution in [0.4, 0.5) is 5.69 Å². The summed E-state index contributed by atoms with van der Waals surface area (Å²) in [4.78, 5) is 4.29. The van der Waals surface area contributed by atoms with Crippen LogP contribution in [0.25, 0.3) is 10.9 Å². The number of benzene rings is 2. The highest BCUT2D eigenvalue weighted by molar-refractivity contribution is 6.46. The van der Waals surface area contributed by atoms with Crippen LogP contribution in [0.1, 0.15) is 5.56 Å². The summed E-state index contributed by atoms with van der Waals surface area (Å²) in [6, 6.07) is 9.72. The first-order chi connectivity index (χ1) is 11.5. The quantitative estimate of drug-likeness (QED) is 0.593. The minimum atomic E-state index is -0.359. The molecule has 0 aliphatic carbocycles. The fourth-order valence-electron chi connectivity index (χ4n) is 2.78. The molecule has 0 unspecified atom stereocenters. The first-order valence-electron chi connectivity index (χ1n) is 7.21. The van der Waals surface area contributed by atoms with Crippen molar-refractivity contribution < 1.29 is 9.84 Å². The molecule has 2 N–H and O–H groups in total. The molecule has 7 heteroatoms. The molecule has 1 aliphatic heterocycles. The normalized spacial score (nSPS) is 16.0. The summed E-state index contributed by atoms with van der Waals surface area (Å²) in [5, 5.41) is 14.6. The summed E-state index contributed by atoms with van der Waals surface area (Å²) in [6.07, 6.45) is 1.86. The Balaban J connectivity index is 1.63. The number of halogens is 3. The standard InChI is InChI=1S/C17H11Cl3N2O2/c18-13-10-7-12(24-17(10)15(20)14(19)16(13)23)22-9-3-4-11-8(6-9)2-1-5-21-11/h1-6,12,22-23H,7H2/t12-/m1/s1. The molecule has 122 valence electrons. The van der Waals surface area contributed by atoms with Crippen molar-refractivity contribution in [1.82, 2.24) is 4.98 Å². The zero-order chi connectivity index (χ0) is 16.8. The van der Waals surface area contributed by atoms with Crippen molar-refractivity contribution in [3.63, 3.8) is 0 Å². The molecule has 1 aliphatic rings. The number of aromatic nitrogens is 1. The predicted octanol–water partition coefficient (Wildman–Crippen LogP) is 5.27. The van der Waals surface area contributed by atoms with Crippen molar-refractivity contribution in [3.05, 3.63) is 57.2 Å². The molecule has 2 aromatic carbocycles. The number of rotatable bonds is 2. The monoisotopic (exact) mass is 380 g/mol. The van der Waals surface area contributed by atoms with Crippen molar-refractivity contribution in [3.8, 4) is 11.5 Å². The summed E-state index contributed by atoms with van der Waals surface area (Å²) in [7, 11) is 0. The number of phenols is 1. The molecule has 1 aromatic heterocycles. The summed E-state index contributed by atoms with van der Waals surface area (Å²) in [5.74, 6) is 0.188. The first kappa shape index (κ1) is 15.6. The van der Waals surface area contributed by atoms with Gasteiger partial charge in [0.1, 0.15) is 15.8 Å². The third kappa shape index (κ3) is 2.51. The molecule has 2 heterocycles. The van der Waals surface area contributed by atoms with Crippen LogP contribution in [0.2, 0.25) is 15.1 Å². The van der Waals surface area contributed by atoms with E-state index < -0.39 is 0 Å². The Morgan fingerprint density at radius 1 is 1.12 bits per heavy atom. The van der Waals surface area contributed by atoms with Crippen molar-refractivity contribution in [1.29, 1.82) is 0 Å². The molecule has 0 saturated heterocycles. The molecule has 4 rings (SSSR count). The number of phenolic OH excluding ortho intramolecular Hbond substituents is 1. The van der Waals surface area contributed by atoms with Crippen LogP contribution < -0.4 is 10.1 Å². The second-order valence-electron chi connectivity index (χ2n) is 5.46. The fourth-order valence-corrected chi connectivity index (χ4v) is 3.52. The molecule has 3 aromatic rings. The average molecular weight is 382 g/mol. The highest BCUT2D eigenvalue weighted by atomic mass is 35.5. The van der Waals surface area contributed by atoms with Gasteiger partial charge in [-0.3, -0.25) is 4.98 Å². The summed E-state index contributed by atoms with van der Waals surface area (Å²) < 4.78 is 5.83. The summed E-state index contributed by atoms with van der Waals surface area (Å²) in [6.45, 7) is 0. The molecule has 0 radical (unpaired) electrons. The Bertz CT molecular complexity index is 925. The van der Waals surface area contributed by atoms with E-state index in [4.69, 9.17) is 39.5 Å². The van der Waals surface area contributed by atoms with Crippen LogP contribution in [0.5, 0.6) is 11.5 Å². The smallest absolute Gasteiger partial charge is 0.174 e. The summed E-state index contributed by atoms with van der Waals surface area (Å²) in [5.41, 5.74) is 2.45. The molecule has 0 bridgehead atoms. The van der Waals surface area contributed by atoms with Crippen LogP contribution in [-0.2, 0) is 6.42 Å². The van der Waals surface area contributed by atoms with E-state index in [1.807, 2.05) is 30.3 Å². The molecule has 0 spiro atoms. The number of fused-ring (bicyclic) bond motifs is 2. The maximum Gasteiger partial charge on any atom is 0.174 e. The van der Waals surface area contributed by atoms with E-state index in [1.165, 1.54) is 0 Å². The van der Waals surface area contributed by atoms with E-state index in [2.05, 4.69) is 10.3 Å². The van der Waals surface area contributed by atoms with Crippen LogP contribution >= 0.6 is 34.8 Å². The third-order valence-electron chi connectivity index (χ3n) is 3.93. The van der Waals surface area contributed by atoms with Crippen LogP contribution in [-0.4, -0.2) is 16.3 Å². The van der Waals surface area contributed by atoms with Gasteiger partial charge in [-0.15, -0.1) is 0 Å². The average Bonchev–Trinajstić information content (AvgIpc) is 3.02. The van der Waals surface area contributed by atoms with E-state index in [9.17, 15) is 5.11 Å². The zero-order valence-corrected chi connectivity index (χ0v) is 14.5. The molecule has 4 nitrogen and oxygen atoms in total.